The van der Waals surface area contributed by atoms with Gasteiger partial charge in [0.25, 0.3) is 0 Å². The van der Waals surface area contributed by atoms with E-state index < -0.39 is 6.10 Å². The van der Waals surface area contributed by atoms with Gasteiger partial charge in [-0.15, -0.1) is 0 Å². The molecule has 5 heteroatoms. The number of ether oxygens (including phenoxy) is 2. The number of hydrogen-bond acceptors (Lipinski definition) is 5. The van der Waals surface area contributed by atoms with Gasteiger partial charge in [0.1, 0.15) is 6.61 Å². The largest absolute Gasteiger partial charge is 0.462 e. The maximum atomic E-state index is 12.4. The number of allylic oxidation sites excluding steroid dienone is 28. The lowest BCUT2D eigenvalue weighted by Crippen LogP contribution is -2.28. The van der Waals surface area contributed by atoms with E-state index in [1.165, 1.54) is 122 Å². The van der Waals surface area contributed by atoms with Gasteiger partial charge >= 0.3 is 11.9 Å². The van der Waals surface area contributed by atoms with Gasteiger partial charge in [0.2, 0.25) is 0 Å². The second-order valence-corrected chi connectivity index (χ2v) is 21.8. The topological polar surface area (TPSA) is 72.8 Å². The number of carbonyl (C=O) groups excluding carboxylic acids is 2. The molecule has 82 heavy (non-hydrogen) atoms. The molecule has 0 aliphatic rings. The van der Waals surface area contributed by atoms with Crippen LogP contribution in [0.25, 0.3) is 0 Å². The summed E-state index contributed by atoms with van der Waals surface area (Å²) in [5.41, 5.74) is 0. The monoisotopic (exact) mass is 1130 g/mol. The van der Waals surface area contributed by atoms with Crippen molar-refractivity contribution in [2.75, 3.05) is 13.2 Å². The molecule has 0 saturated carbocycles. The van der Waals surface area contributed by atoms with Crippen molar-refractivity contribution in [3.05, 3.63) is 170 Å². The van der Waals surface area contributed by atoms with Gasteiger partial charge in [-0.1, -0.05) is 312 Å². The van der Waals surface area contributed by atoms with Crippen molar-refractivity contribution in [2.45, 2.75) is 290 Å². The van der Waals surface area contributed by atoms with Crippen LogP contribution in [0.1, 0.15) is 284 Å². The van der Waals surface area contributed by atoms with Gasteiger partial charge < -0.3 is 14.6 Å². The molecule has 0 aliphatic carbocycles. The van der Waals surface area contributed by atoms with Crippen molar-refractivity contribution in [3.8, 4) is 0 Å². The normalized spacial score (nSPS) is 13.4. The molecule has 0 aromatic carbocycles. The molecule has 0 aliphatic heterocycles. The quantitative estimate of drug-likeness (QED) is 0.0373. The molecule has 0 rings (SSSR count). The second-order valence-electron chi connectivity index (χ2n) is 21.8. The highest BCUT2D eigenvalue weighted by Crippen LogP contribution is 2.16. The van der Waals surface area contributed by atoms with Crippen LogP contribution in [0.5, 0.6) is 0 Å². The van der Waals surface area contributed by atoms with Crippen molar-refractivity contribution in [3.63, 3.8) is 0 Å². The van der Waals surface area contributed by atoms with E-state index in [4.69, 9.17) is 9.47 Å². The van der Waals surface area contributed by atoms with Crippen LogP contribution in [0.15, 0.2) is 170 Å². The fourth-order valence-corrected chi connectivity index (χ4v) is 9.05. The standard InChI is InChI=1S/C77H124O5/c1-3-5-7-9-11-13-15-17-19-21-23-25-27-29-31-33-35-36-37-38-39-40-42-44-46-48-50-52-54-56-58-60-62-64-66-68-70-72-77(80)82-75(73-78)74-81-76(79)71-69-67-65-63-61-59-57-55-53-51-49-47-45-43-41-34-32-30-28-26-24-22-20-18-16-14-12-10-8-6-4-2/h5-8,11-14,17-20,23-26,29-32,35-36,38-39,41,43,47,49,75,78H,3-4,9-10,15-16,21-22,27-28,33-34,37,40,42,44-46,48,50-74H2,1-2H3/b7-5-,8-6-,13-11-,14-12-,19-17-,20-18-,25-23-,26-24-,31-29-,32-30-,36-35-,39-38-,43-41-,49-47-. The number of unbranched alkanes of at least 4 members (excludes halogenated alkanes) is 24. The first kappa shape index (κ1) is 77.3. The van der Waals surface area contributed by atoms with Gasteiger partial charge in [0.15, 0.2) is 6.10 Å². The Morgan fingerprint density at radius 1 is 0.280 bits per heavy atom. The van der Waals surface area contributed by atoms with Crippen LogP contribution in [0.4, 0.5) is 0 Å². The lowest BCUT2D eigenvalue weighted by Gasteiger charge is -2.15. The Kier molecular flexibility index (Phi) is 66.4. The summed E-state index contributed by atoms with van der Waals surface area (Å²) >= 11 is 0. The van der Waals surface area contributed by atoms with Crippen LogP contribution in [0.3, 0.4) is 0 Å². The number of rotatable bonds is 60. The minimum Gasteiger partial charge on any atom is -0.462 e. The minimum absolute atomic E-state index is 0.0773. The van der Waals surface area contributed by atoms with Crippen LogP contribution in [0, 0.1) is 0 Å². The minimum atomic E-state index is -0.788. The van der Waals surface area contributed by atoms with Gasteiger partial charge in [-0.3, -0.25) is 9.59 Å². The summed E-state index contributed by atoms with van der Waals surface area (Å²) in [4.78, 5) is 24.6. The third-order valence-electron chi connectivity index (χ3n) is 14.0. The molecule has 0 aromatic rings. The summed E-state index contributed by atoms with van der Waals surface area (Å²) in [5.74, 6) is -0.601. The van der Waals surface area contributed by atoms with E-state index in [1.807, 2.05) is 0 Å². The lowest BCUT2D eigenvalue weighted by atomic mass is 10.0. The van der Waals surface area contributed by atoms with Crippen LogP contribution in [-0.2, 0) is 19.1 Å². The van der Waals surface area contributed by atoms with Gasteiger partial charge in [-0.25, -0.2) is 0 Å². The fraction of sp³-hybridized carbons (Fsp3) is 0.610. The third-order valence-corrected chi connectivity index (χ3v) is 14.0. The van der Waals surface area contributed by atoms with Crippen molar-refractivity contribution < 1.29 is 24.2 Å². The zero-order valence-corrected chi connectivity index (χ0v) is 52.9. The van der Waals surface area contributed by atoms with E-state index in [2.05, 4.69) is 184 Å². The Hall–Kier alpha value is -4.74. The maximum Gasteiger partial charge on any atom is 0.306 e. The van der Waals surface area contributed by atoms with E-state index >= 15 is 0 Å². The highest BCUT2D eigenvalue weighted by Gasteiger charge is 2.16. The first-order valence-electron chi connectivity index (χ1n) is 33.7. The number of aliphatic hydroxyl groups excluding tert-OH is 1. The summed E-state index contributed by atoms with van der Waals surface area (Å²) < 4.78 is 10.7. The highest BCUT2D eigenvalue weighted by atomic mass is 16.6. The summed E-state index contributed by atoms with van der Waals surface area (Å²) in [7, 11) is 0. The van der Waals surface area contributed by atoms with Gasteiger partial charge in [-0.2, -0.15) is 0 Å². The Morgan fingerprint density at radius 2 is 0.488 bits per heavy atom. The Morgan fingerprint density at radius 3 is 0.732 bits per heavy atom. The molecule has 0 bridgehead atoms. The molecule has 1 unspecified atom stereocenters. The molecular weight excluding hydrogens is 1000 g/mol. The van der Waals surface area contributed by atoms with E-state index in [-0.39, 0.29) is 25.2 Å². The second kappa shape index (κ2) is 70.5. The molecule has 0 saturated heterocycles. The first-order valence-corrected chi connectivity index (χ1v) is 33.7. The molecule has 5 nitrogen and oxygen atoms in total. The zero-order chi connectivity index (χ0) is 59.1. The summed E-state index contributed by atoms with van der Waals surface area (Å²) in [6.07, 6.45) is 109. The molecule has 0 spiro atoms. The van der Waals surface area contributed by atoms with E-state index in [0.717, 1.165) is 135 Å². The van der Waals surface area contributed by atoms with Gasteiger partial charge in [-0.05, 0) is 128 Å². The smallest absolute Gasteiger partial charge is 0.306 e. The Balaban J connectivity index is 3.54. The molecule has 0 amide bonds. The highest BCUT2D eigenvalue weighted by molar-refractivity contribution is 5.70. The molecular formula is C77H124O5. The molecule has 0 fully saturated rings. The summed E-state index contributed by atoms with van der Waals surface area (Å²) in [6, 6.07) is 0. The number of hydrogen-bond donors (Lipinski definition) is 1. The van der Waals surface area contributed by atoms with Crippen LogP contribution in [-0.4, -0.2) is 36.4 Å². The molecule has 1 atom stereocenters. The molecule has 462 valence electrons. The van der Waals surface area contributed by atoms with Crippen LogP contribution >= 0.6 is 0 Å². The van der Waals surface area contributed by atoms with E-state index in [9.17, 15) is 14.7 Å². The Labute approximate surface area is 506 Å². The fourth-order valence-electron chi connectivity index (χ4n) is 9.05. The maximum absolute atomic E-state index is 12.4. The summed E-state index contributed by atoms with van der Waals surface area (Å²) in [5, 5.41) is 9.70. The Bertz CT molecular complexity index is 1810. The number of esters is 2. The third kappa shape index (κ3) is 67.8. The summed E-state index contributed by atoms with van der Waals surface area (Å²) in [6.45, 7) is 3.91. The molecule has 0 aromatic heterocycles. The molecule has 0 heterocycles. The number of carbonyl (C=O) groups is 2. The van der Waals surface area contributed by atoms with Gasteiger partial charge in [0, 0.05) is 12.8 Å². The molecule has 0 radical (unpaired) electrons. The zero-order valence-electron chi connectivity index (χ0n) is 52.9. The van der Waals surface area contributed by atoms with Gasteiger partial charge in [0.05, 0.1) is 6.61 Å². The number of aliphatic hydroxyl groups is 1. The lowest BCUT2D eigenvalue weighted by molar-refractivity contribution is -0.161. The first-order chi connectivity index (χ1) is 40.6. The van der Waals surface area contributed by atoms with Crippen LogP contribution < -0.4 is 0 Å². The van der Waals surface area contributed by atoms with Crippen molar-refractivity contribution in [2.24, 2.45) is 0 Å². The predicted molar refractivity (Wildman–Crippen MR) is 361 cm³/mol. The predicted octanol–water partition coefficient (Wildman–Crippen LogP) is 23.6. The molecule has 1 N–H and O–H groups in total. The van der Waals surface area contributed by atoms with Crippen molar-refractivity contribution in [1.29, 1.82) is 0 Å². The average Bonchev–Trinajstić information content (AvgIpc) is 3.49. The van der Waals surface area contributed by atoms with Crippen molar-refractivity contribution >= 4 is 11.9 Å². The average molecular weight is 1130 g/mol. The van der Waals surface area contributed by atoms with Crippen molar-refractivity contribution in [1.82, 2.24) is 0 Å². The SMILES string of the molecule is CC/C=C\C/C=C\C/C=C\C/C=C\C/C=C\C/C=C\C/C=C\CCCCCCCCCCCCCCCCCC(=O)OC(CO)COC(=O)CCCCCCCCCCC/C=C\C/C=C\C/C=C\C/C=C\C/C=C\C/C=C\C/C=C\CC. The van der Waals surface area contributed by atoms with E-state index in [0.29, 0.717) is 12.8 Å². The van der Waals surface area contributed by atoms with Crippen LogP contribution in [0.2, 0.25) is 0 Å². The van der Waals surface area contributed by atoms with E-state index in [1.54, 1.807) is 0 Å².